The number of rotatable bonds is 4. The first-order chi connectivity index (χ1) is 12.7. The van der Waals surface area contributed by atoms with Crippen LogP contribution in [0.5, 0.6) is 0 Å². The molecular formula is C19H21N5O2. The minimum atomic E-state index is -0.337. The second kappa shape index (κ2) is 7.11. The van der Waals surface area contributed by atoms with Crippen molar-refractivity contribution in [3.63, 3.8) is 0 Å². The van der Waals surface area contributed by atoms with Crippen molar-refractivity contribution in [2.45, 2.75) is 31.6 Å². The average molecular weight is 351 g/mol. The number of para-hydroxylation sites is 2. The lowest BCUT2D eigenvalue weighted by Crippen LogP contribution is -2.39. The molecule has 0 bridgehead atoms. The molecule has 1 aliphatic rings. The van der Waals surface area contributed by atoms with Crippen LogP contribution in [0, 0.1) is 0 Å². The summed E-state index contributed by atoms with van der Waals surface area (Å²) in [6.07, 6.45) is 4.45. The van der Waals surface area contributed by atoms with Crippen LogP contribution in [0.2, 0.25) is 0 Å². The van der Waals surface area contributed by atoms with Gasteiger partial charge in [0, 0.05) is 43.7 Å². The normalized spacial score (nSPS) is 17.5. The van der Waals surface area contributed by atoms with E-state index in [9.17, 15) is 9.59 Å². The number of amides is 1. The van der Waals surface area contributed by atoms with E-state index in [1.807, 2.05) is 35.2 Å². The van der Waals surface area contributed by atoms with Crippen molar-refractivity contribution >= 4 is 16.9 Å². The number of piperidine rings is 1. The van der Waals surface area contributed by atoms with Crippen molar-refractivity contribution in [3.8, 4) is 0 Å². The van der Waals surface area contributed by atoms with Gasteiger partial charge in [0.25, 0.3) is 0 Å². The summed E-state index contributed by atoms with van der Waals surface area (Å²) in [5.41, 5.74) is 2.44. The third-order valence-electron chi connectivity index (χ3n) is 4.93. The molecule has 2 aromatic heterocycles. The Kier molecular flexibility index (Phi) is 4.51. The number of hydrogen-bond donors (Lipinski definition) is 2. The summed E-state index contributed by atoms with van der Waals surface area (Å²) in [7, 11) is 0. The third-order valence-corrected chi connectivity index (χ3v) is 4.93. The second-order valence-electron chi connectivity index (χ2n) is 6.71. The molecule has 0 spiro atoms. The van der Waals surface area contributed by atoms with Crippen molar-refractivity contribution in [1.29, 1.82) is 0 Å². The predicted octanol–water partition coefficient (Wildman–Crippen LogP) is 1.98. The molecule has 1 fully saturated rings. The summed E-state index contributed by atoms with van der Waals surface area (Å²) in [5.74, 6) is 1.13. The van der Waals surface area contributed by atoms with Crippen LogP contribution >= 0.6 is 0 Å². The minimum absolute atomic E-state index is 0.131. The Morgan fingerprint density at radius 1 is 1.23 bits per heavy atom. The minimum Gasteiger partial charge on any atom is -0.342 e. The Bertz CT molecular complexity index is 944. The fourth-order valence-electron chi connectivity index (χ4n) is 3.59. The van der Waals surface area contributed by atoms with Crippen molar-refractivity contribution in [2.24, 2.45) is 0 Å². The van der Waals surface area contributed by atoms with E-state index >= 15 is 0 Å². The number of likely N-dealkylation sites (tertiary alicyclic amines) is 1. The number of aryl methyl sites for hydroxylation is 1. The van der Waals surface area contributed by atoms with Gasteiger partial charge in [-0.3, -0.25) is 4.79 Å². The number of benzene rings is 1. The van der Waals surface area contributed by atoms with Gasteiger partial charge in [0.1, 0.15) is 5.82 Å². The first-order valence-corrected chi connectivity index (χ1v) is 8.95. The van der Waals surface area contributed by atoms with Gasteiger partial charge >= 0.3 is 5.69 Å². The fraction of sp³-hybridized carbons (Fsp3) is 0.368. The molecule has 0 aliphatic carbocycles. The van der Waals surface area contributed by atoms with Gasteiger partial charge in [-0.2, -0.15) is 0 Å². The van der Waals surface area contributed by atoms with Crippen LogP contribution < -0.4 is 5.69 Å². The summed E-state index contributed by atoms with van der Waals surface area (Å²) in [5, 5.41) is 0. The maximum atomic E-state index is 12.6. The lowest BCUT2D eigenvalue weighted by atomic mass is 9.94. The zero-order valence-electron chi connectivity index (χ0n) is 14.4. The first kappa shape index (κ1) is 16.5. The SMILES string of the molecule is O=C(CCc1nc2ccccc2[nH]1)N1CCC[C@@H](c2ccnc(=O)[nH]2)C1. The number of imidazole rings is 1. The van der Waals surface area contributed by atoms with Crippen molar-refractivity contribution in [1.82, 2.24) is 24.8 Å². The van der Waals surface area contributed by atoms with Gasteiger partial charge in [0.15, 0.2) is 0 Å². The molecule has 1 saturated heterocycles. The maximum absolute atomic E-state index is 12.6. The lowest BCUT2D eigenvalue weighted by molar-refractivity contribution is -0.132. The topological polar surface area (TPSA) is 94.7 Å². The van der Waals surface area contributed by atoms with Crippen LogP contribution in [0.25, 0.3) is 11.0 Å². The Morgan fingerprint density at radius 2 is 2.12 bits per heavy atom. The van der Waals surface area contributed by atoms with Gasteiger partial charge in [0.2, 0.25) is 5.91 Å². The average Bonchev–Trinajstić information content (AvgIpc) is 3.09. The summed E-state index contributed by atoms with van der Waals surface area (Å²) >= 11 is 0. The number of nitrogens with zero attached hydrogens (tertiary/aromatic N) is 3. The Balaban J connectivity index is 1.38. The van der Waals surface area contributed by atoms with Crippen LogP contribution in [-0.4, -0.2) is 43.8 Å². The summed E-state index contributed by atoms with van der Waals surface area (Å²) in [4.78, 5) is 40.2. The zero-order chi connectivity index (χ0) is 17.9. The van der Waals surface area contributed by atoms with Gasteiger partial charge in [-0.05, 0) is 31.0 Å². The van der Waals surface area contributed by atoms with Crippen LogP contribution in [0.3, 0.4) is 0 Å². The van der Waals surface area contributed by atoms with E-state index in [0.29, 0.717) is 19.4 Å². The number of nitrogens with one attached hydrogen (secondary N) is 2. The number of carbonyl (C=O) groups excluding carboxylic acids is 1. The van der Waals surface area contributed by atoms with E-state index < -0.39 is 0 Å². The molecule has 0 unspecified atom stereocenters. The van der Waals surface area contributed by atoms with Gasteiger partial charge in [-0.25, -0.2) is 14.8 Å². The molecule has 4 rings (SSSR count). The van der Waals surface area contributed by atoms with E-state index in [4.69, 9.17) is 0 Å². The van der Waals surface area contributed by atoms with Crippen LogP contribution in [-0.2, 0) is 11.2 Å². The highest BCUT2D eigenvalue weighted by atomic mass is 16.2. The molecule has 3 aromatic rings. The smallest absolute Gasteiger partial charge is 0.342 e. The molecule has 0 radical (unpaired) electrons. The van der Waals surface area contributed by atoms with E-state index in [0.717, 1.165) is 41.9 Å². The predicted molar refractivity (Wildman–Crippen MR) is 97.8 cm³/mol. The van der Waals surface area contributed by atoms with Crippen molar-refractivity contribution < 1.29 is 4.79 Å². The number of H-pyrrole nitrogens is 2. The number of carbonyl (C=O) groups is 1. The highest BCUT2D eigenvalue weighted by molar-refractivity contribution is 5.77. The second-order valence-corrected chi connectivity index (χ2v) is 6.71. The van der Waals surface area contributed by atoms with Gasteiger partial charge < -0.3 is 14.9 Å². The highest BCUT2D eigenvalue weighted by Gasteiger charge is 2.25. The number of fused-ring (bicyclic) bond motifs is 1. The Labute approximate surface area is 150 Å². The monoisotopic (exact) mass is 351 g/mol. The zero-order valence-corrected chi connectivity index (χ0v) is 14.4. The third kappa shape index (κ3) is 3.51. The maximum Gasteiger partial charge on any atom is 0.345 e. The van der Waals surface area contributed by atoms with E-state index in [1.165, 1.54) is 6.20 Å². The molecule has 0 saturated carbocycles. The standard InChI is InChI=1S/C19H21N5O2/c25-18(8-7-17-21-15-5-1-2-6-16(15)22-17)24-11-3-4-13(12-24)14-9-10-20-19(26)23-14/h1-2,5-6,9-10,13H,3-4,7-8,11-12H2,(H,21,22)(H,20,23,26)/t13-/m1/s1. The first-order valence-electron chi connectivity index (χ1n) is 8.95. The van der Waals surface area contributed by atoms with Gasteiger partial charge in [0.05, 0.1) is 11.0 Å². The van der Waals surface area contributed by atoms with E-state index in [-0.39, 0.29) is 17.5 Å². The molecular weight excluding hydrogens is 330 g/mol. The summed E-state index contributed by atoms with van der Waals surface area (Å²) in [6.45, 7) is 1.41. The Hall–Kier alpha value is -2.96. The molecule has 134 valence electrons. The molecule has 2 N–H and O–H groups in total. The van der Waals surface area contributed by atoms with Crippen LogP contribution in [0.1, 0.15) is 36.7 Å². The van der Waals surface area contributed by atoms with Gasteiger partial charge in [-0.1, -0.05) is 12.1 Å². The molecule has 26 heavy (non-hydrogen) atoms. The molecule has 1 amide bonds. The summed E-state index contributed by atoms with van der Waals surface area (Å²) < 4.78 is 0. The Morgan fingerprint density at radius 3 is 2.96 bits per heavy atom. The molecule has 1 aliphatic heterocycles. The quantitative estimate of drug-likeness (QED) is 0.751. The number of hydrogen-bond acceptors (Lipinski definition) is 4. The number of aromatic nitrogens is 4. The molecule has 3 heterocycles. The molecule has 1 aromatic carbocycles. The van der Waals surface area contributed by atoms with Crippen LogP contribution in [0.15, 0.2) is 41.3 Å². The van der Waals surface area contributed by atoms with E-state index in [2.05, 4.69) is 19.9 Å². The lowest BCUT2D eigenvalue weighted by Gasteiger charge is -2.32. The van der Waals surface area contributed by atoms with Crippen molar-refractivity contribution in [3.05, 3.63) is 58.5 Å². The molecule has 1 atom stereocenters. The highest BCUT2D eigenvalue weighted by Crippen LogP contribution is 2.25. The van der Waals surface area contributed by atoms with Crippen molar-refractivity contribution in [2.75, 3.05) is 13.1 Å². The fourth-order valence-corrected chi connectivity index (χ4v) is 3.59. The summed E-state index contributed by atoms with van der Waals surface area (Å²) in [6, 6.07) is 9.69. The largest absolute Gasteiger partial charge is 0.345 e. The van der Waals surface area contributed by atoms with Gasteiger partial charge in [-0.15, -0.1) is 0 Å². The van der Waals surface area contributed by atoms with Crippen LogP contribution in [0.4, 0.5) is 0 Å². The number of aromatic amines is 2. The van der Waals surface area contributed by atoms with E-state index in [1.54, 1.807) is 0 Å². The molecule has 7 nitrogen and oxygen atoms in total. The molecule has 7 heteroatoms.